The number of nitrogens with one attached hydrogen (secondary N) is 1. The minimum absolute atomic E-state index is 0.193. The van der Waals surface area contributed by atoms with Crippen LogP contribution in [-0.2, 0) is 17.5 Å². The van der Waals surface area contributed by atoms with Crippen LogP contribution in [0.4, 0.5) is 0 Å². The van der Waals surface area contributed by atoms with E-state index in [1.54, 1.807) is 7.11 Å². The van der Waals surface area contributed by atoms with Crippen LogP contribution in [0.3, 0.4) is 0 Å². The van der Waals surface area contributed by atoms with Crippen molar-refractivity contribution >= 4 is 11.0 Å². The smallest absolute Gasteiger partial charge is 0.118 e. The van der Waals surface area contributed by atoms with Gasteiger partial charge in [-0.2, -0.15) is 0 Å². The van der Waals surface area contributed by atoms with Crippen molar-refractivity contribution in [2.75, 3.05) is 7.11 Å². The van der Waals surface area contributed by atoms with Crippen molar-refractivity contribution in [1.29, 1.82) is 0 Å². The molecule has 0 amide bonds. The van der Waals surface area contributed by atoms with Gasteiger partial charge in [-0.3, -0.25) is 0 Å². The second kappa shape index (κ2) is 7.60. The van der Waals surface area contributed by atoms with Gasteiger partial charge in [0.2, 0.25) is 0 Å². The van der Waals surface area contributed by atoms with Crippen molar-refractivity contribution in [3.8, 4) is 5.75 Å². The van der Waals surface area contributed by atoms with Crippen molar-refractivity contribution in [3.63, 3.8) is 0 Å². The Bertz CT molecular complexity index is 494. The van der Waals surface area contributed by atoms with Crippen LogP contribution < -0.4 is 9.46 Å². The molecule has 1 fully saturated rings. The van der Waals surface area contributed by atoms with Crippen molar-refractivity contribution in [1.82, 2.24) is 4.72 Å². The van der Waals surface area contributed by atoms with Gasteiger partial charge in [-0.15, -0.1) is 0 Å². The number of benzene rings is 1. The lowest BCUT2D eigenvalue weighted by Crippen LogP contribution is -2.39. The van der Waals surface area contributed by atoms with Gasteiger partial charge in [-0.05, 0) is 49.8 Å². The highest BCUT2D eigenvalue weighted by Crippen LogP contribution is 2.38. The lowest BCUT2D eigenvalue weighted by molar-refractivity contribution is 0.200. The maximum Gasteiger partial charge on any atom is 0.118 e. The number of rotatable bonds is 8. The van der Waals surface area contributed by atoms with E-state index in [1.807, 2.05) is 24.3 Å². The molecule has 1 unspecified atom stereocenters. The SMILES string of the molecule is COc1ccc(CNS(=O)C(C)(C)C[C@H](C)C2CCC2)cc1. The van der Waals surface area contributed by atoms with Crippen LogP contribution >= 0.6 is 0 Å². The van der Waals surface area contributed by atoms with Gasteiger partial charge in [0.1, 0.15) is 5.75 Å². The molecule has 0 spiro atoms. The Balaban J connectivity index is 1.83. The van der Waals surface area contributed by atoms with E-state index in [-0.39, 0.29) is 4.75 Å². The molecule has 3 nitrogen and oxygen atoms in total. The van der Waals surface area contributed by atoms with Gasteiger partial charge in [0.25, 0.3) is 0 Å². The van der Waals surface area contributed by atoms with Gasteiger partial charge in [0.15, 0.2) is 0 Å². The predicted molar refractivity (Wildman–Crippen MR) is 93.2 cm³/mol. The Morgan fingerprint density at radius 1 is 1.32 bits per heavy atom. The zero-order chi connectivity index (χ0) is 16.2. The number of methoxy groups -OCH3 is 1. The molecule has 124 valence electrons. The van der Waals surface area contributed by atoms with Crippen LogP contribution in [0.5, 0.6) is 5.75 Å². The van der Waals surface area contributed by atoms with E-state index in [0.29, 0.717) is 12.5 Å². The highest BCUT2D eigenvalue weighted by molar-refractivity contribution is 7.84. The summed E-state index contributed by atoms with van der Waals surface area (Å²) < 4.78 is 20.7. The molecule has 1 saturated carbocycles. The maximum absolute atomic E-state index is 12.6. The molecule has 1 N–H and O–H groups in total. The summed E-state index contributed by atoms with van der Waals surface area (Å²) in [6.07, 6.45) is 5.08. The van der Waals surface area contributed by atoms with Crippen LogP contribution in [0, 0.1) is 11.8 Å². The lowest BCUT2D eigenvalue weighted by Gasteiger charge is -2.36. The Morgan fingerprint density at radius 3 is 2.45 bits per heavy atom. The molecule has 1 aromatic carbocycles. The predicted octanol–water partition coefficient (Wildman–Crippen LogP) is 4.05. The Kier molecular flexibility index (Phi) is 6.04. The van der Waals surface area contributed by atoms with E-state index in [4.69, 9.17) is 4.74 Å². The first kappa shape index (κ1) is 17.5. The lowest BCUT2D eigenvalue weighted by atomic mass is 9.74. The minimum atomic E-state index is -1.03. The second-order valence-electron chi connectivity index (χ2n) is 7.07. The Morgan fingerprint density at radius 2 is 1.95 bits per heavy atom. The van der Waals surface area contributed by atoms with Crippen LogP contribution in [-0.4, -0.2) is 16.1 Å². The van der Waals surface area contributed by atoms with Gasteiger partial charge in [-0.1, -0.05) is 38.3 Å². The molecule has 2 atom stereocenters. The summed E-state index contributed by atoms with van der Waals surface area (Å²) in [5.41, 5.74) is 1.12. The summed E-state index contributed by atoms with van der Waals surface area (Å²) in [7, 11) is 0.627. The van der Waals surface area contributed by atoms with E-state index in [0.717, 1.165) is 23.7 Å². The van der Waals surface area contributed by atoms with E-state index in [9.17, 15) is 4.21 Å². The van der Waals surface area contributed by atoms with Gasteiger partial charge < -0.3 is 4.74 Å². The molecular weight excluding hydrogens is 294 g/mol. The molecule has 0 saturated heterocycles. The highest BCUT2D eigenvalue weighted by Gasteiger charge is 2.33. The molecule has 1 aliphatic carbocycles. The molecule has 1 aromatic rings. The van der Waals surface area contributed by atoms with Gasteiger partial charge in [0, 0.05) is 6.54 Å². The minimum Gasteiger partial charge on any atom is -0.497 e. The van der Waals surface area contributed by atoms with E-state index in [1.165, 1.54) is 19.3 Å². The molecular formula is C18H29NO2S. The number of ether oxygens (including phenoxy) is 1. The average Bonchev–Trinajstić information content (AvgIpc) is 2.42. The fraction of sp³-hybridized carbons (Fsp3) is 0.667. The quantitative estimate of drug-likeness (QED) is 0.783. The average molecular weight is 324 g/mol. The molecule has 0 heterocycles. The summed E-state index contributed by atoms with van der Waals surface area (Å²) in [6, 6.07) is 7.88. The van der Waals surface area contributed by atoms with Crippen molar-refractivity contribution in [2.45, 2.75) is 57.7 Å². The first-order valence-electron chi connectivity index (χ1n) is 8.20. The van der Waals surface area contributed by atoms with Crippen LogP contribution in [0.15, 0.2) is 24.3 Å². The van der Waals surface area contributed by atoms with E-state index in [2.05, 4.69) is 25.5 Å². The molecule has 2 rings (SSSR count). The second-order valence-corrected chi connectivity index (χ2v) is 9.00. The standard InChI is InChI=1S/C18H29NO2S/c1-14(16-6-5-7-16)12-18(2,3)22(20)19-13-15-8-10-17(21-4)11-9-15/h8-11,14,16,19H,5-7,12-13H2,1-4H3/t14-,22?/m0/s1. The summed E-state index contributed by atoms with van der Waals surface area (Å²) in [6.45, 7) is 7.16. The van der Waals surface area contributed by atoms with Crippen LogP contribution in [0.1, 0.15) is 52.0 Å². The molecule has 0 bridgehead atoms. The van der Waals surface area contributed by atoms with Crippen LogP contribution in [0.2, 0.25) is 0 Å². The zero-order valence-corrected chi connectivity index (χ0v) is 15.0. The fourth-order valence-corrected chi connectivity index (χ4v) is 4.22. The van der Waals surface area contributed by atoms with Crippen LogP contribution in [0.25, 0.3) is 0 Å². The Hall–Kier alpha value is -0.870. The first-order chi connectivity index (χ1) is 10.4. The van der Waals surface area contributed by atoms with Gasteiger partial charge in [0.05, 0.1) is 22.8 Å². The third-order valence-electron chi connectivity index (χ3n) is 4.84. The zero-order valence-electron chi connectivity index (χ0n) is 14.2. The summed E-state index contributed by atoms with van der Waals surface area (Å²) in [5, 5.41) is 0. The van der Waals surface area contributed by atoms with Crippen molar-refractivity contribution < 1.29 is 8.95 Å². The number of hydrogen-bond acceptors (Lipinski definition) is 2. The monoisotopic (exact) mass is 323 g/mol. The third-order valence-corrected chi connectivity index (χ3v) is 6.41. The number of hydrogen-bond donors (Lipinski definition) is 1. The highest BCUT2D eigenvalue weighted by atomic mass is 32.2. The van der Waals surface area contributed by atoms with Gasteiger partial charge >= 0.3 is 0 Å². The van der Waals surface area contributed by atoms with Gasteiger partial charge in [-0.25, -0.2) is 8.93 Å². The van der Waals surface area contributed by atoms with E-state index >= 15 is 0 Å². The van der Waals surface area contributed by atoms with E-state index < -0.39 is 11.0 Å². The molecule has 0 radical (unpaired) electrons. The van der Waals surface area contributed by atoms with Crippen molar-refractivity contribution in [3.05, 3.63) is 29.8 Å². The van der Waals surface area contributed by atoms with Crippen molar-refractivity contribution in [2.24, 2.45) is 11.8 Å². The summed E-state index contributed by atoms with van der Waals surface area (Å²) in [5.74, 6) is 2.35. The molecule has 22 heavy (non-hydrogen) atoms. The first-order valence-corrected chi connectivity index (χ1v) is 9.35. The normalized spacial score (nSPS) is 18.5. The molecule has 0 aliphatic heterocycles. The largest absolute Gasteiger partial charge is 0.497 e. The summed E-state index contributed by atoms with van der Waals surface area (Å²) in [4.78, 5) is 0. The Labute approximate surface area is 137 Å². The fourth-order valence-electron chi connectivity index (χ4n) is 3.11. The maximum atomic E-state index is 12.6. The molecule has 4 heteroatoms. The molecule has 0 aromatic heterocycles. The summed E-state index contributed by atoms with van der Waals surface area (Å²) >= 11 is 0. The molecule has 1 aliphatic rings. The third kappa shape index (κ3) is 4.56. The topological polar surface area (TPSA) is 38.3 Å².